The van der Waals surface area contributed by atoms with E-state index >= 15 is 0 Å². The summed E-state index contributed by atoms with van der Waals surface area (Å²) in [7, 11) is 0. The molecule has 19 heavy (non-hydrogen) atoms. The lowest BCUT2D eigenvalue weighted by Crippen LogP contribution is -2.25. The lowest BCUT2D eigenvalue weighted by atomic mass is 10.3. The molecule has 0 amide bonds. The van der Waals surface area contributed by atoms with Gasteiger partial charge >= 0.3 is 0 Å². The van der Waals surface area contributed by atoms with Gasteiger partial charge in [-0.15, -0.1) is 0 Å². The summed E-state index contributed by atoms with van der Waals surface area (Å²) < 4.78 is 11.1. The molecule has 0 aliphatic heterocycles. The van der Waals surface area contributed by atoms with Crippen LogP contribution in [0.4, 0.5) is 0 Å². The van der Waals surface area contributed by atoms with E-state index in [1.165, 1.54) is 0 Å². The van der Waals surface area contributed by atoms with Gasteiger partial charge in [0.1, 0.15) is 24.7 Å². The van der Waals surface area contributed by atoms with Gasteiger partial charge in [0.2, 0.25) is 0 Å². The van der Waals surface area contributed by atoms with Crippen LogP contribution in [-0.2, 0) is 0 Å². The molecule has 0 radical (unpaired) electrons. The Hall–Kier alpha value is -2.00. The largest absolute Gasteiger partial charge is 0.492 e. The normalized spacial score (nSPS) is 10.1. The number of ether oxygens (including phenoxy) is 2. The van der Waals surface area contributed by atoms with E-state index in [-0.39, 0.29) is 0 Å². The molecule has 0 saturated heterocycles. The number of hydrogen-bond acceptors (Lipinski definition) is 3. The van der Waals surface area contributed by atoms with Crippen molar-refractivity contribution in [1.29, 1.82) is 0 Å². The molecule has 0 aliphatic rings. The van der Waals surface area contributed by atoms with Gasteiger partial charge < -0.3 is 14.8 Å². The van der Waals surface area contributed by atoms with Crippen molar-refractivity contribution in [3.63, 3.8) is 0 Å². The Labute approximate surface area is 114 Å². The highest BCUT2D eigenvalue weighted by Crippen LogP contribution is 2.08. The Morgan fingerprint density at radius 1 is 0.632 bits per heavy atom. The van der Waals surface area contributed by atoms with Crippen LogP contribution in [0, 0.1) is 0 Å². The second-order valence-electron chi connectivity index (χ2n) is 4.07. The van der Waals surface area contributed by atoms with Crippen molar-refractivity contribution in [1.82, 2.24) is 5.32 Å². The van der Waals surface area contributed by atoms with Gasteiger partial charge in [-0.2, -0.15) is 0 Å². The van der Waals surface area contributed by atoms with E-state index in [2.05, 4.69) is 5.32 Å². The maximum absolute atomic E-state index is 5.57. The molecule has 0 heterocycles. The van der Waals surface area contributed by atoms with Crippen LogP contribution in [0.25, 0.3) is 0 Å². The molecule has 3 nitrogen and oxygen atoms in total. The van der Waals surface area contributed by atoms with Gasteiger partial charge in [0.25, 0.3) is 0 Å². The Kier molecular flexibility index (Phi) is 5.77. The van der Waals surface area contributed by atoms with Crippen molar-refractivity contribution >= 4 is 0 Å². The average molecular weight is 257 g/mol. The van der Waals surface area contributed by atoms with E-state index < -0.39 is 0 Å². The first-order chi connectivity index (χ1) is 9.45. The van der Waals surface area contributed by atoms with Crippen molar-refractivity contribution in [2.75, 3.05) is 26.3 Å². The van der Waals surface area contributed by atoms with Crippen LogP contribution >= 0.6 is 0 Å². The number of nitrogens with one attached hydrogen (secondary N) is 1. The Balaban J connectivity index is 1.49. The average Bonchev–Trinajstić information content (AvgIpc) is 2.48. The summed E-state index contributed by atoms with van der Waals surface area (Å²) in [5.74, 6) is 1.81. The fourth-order valence-electron chi connectivity index (χ4n) is 1.64. The minimum absolute atomic E-state index is 0.662. The van der Waals surface area contributed by atoms with Crippen molar-refractivity contribution in [3.05, 3.63) is 60.7 Å². The van der Waals surface area contributed by atoms with Crippen LogP contribution in [0.5, 0.6) is 11.5 Å². The molecular weight excluding hydrogens is 238 g/mol. The Bertz CT molecular complexity index is 401. The first-order valence-electron chi connectivity index (χ1n) is 6.51. The highest BCUT2D eigenvalue weighted by atomic mass is 16.5. The molecule has 2 aromatic rings. The van der Waals surface area contributed by atoms with Crippen molar-refractivity contribution in [2.24, 2.45) is 0 Å². The maximum atomic E-state index is 5.57. The third kappa shape index (κ3) is 5.44. The highest BCUT2D eigenvalue weighted by molar-refractivity contribution is 5.21. The minimum atomic E-state index is 0.662. The number of para-hydroxylation sites is 2. The lowest BCUT2D eigenvalue weighted by molar-refractivity contribution is 0.289. The fourth-order valence-corrected chi connectivity index (χ4v) is 1.64. The summed E-state index contributed by atoms with van der Waals surface area (Å²) in [6.07, 6.45) is 0. The quantitative estimate of drug-likeness (QED) is 0.738. The standard InChI is InChI=1S/C16H19NO2/c1-3-7-15(8-4-1)18-13-11-17-12-14-19-16-9-5-2-6-10-16/h1-10,17H,11-14H2. The van der Waals surface area contributed by atoms with Gasteiger partial charge in [0.15, 0.2) is 0 Å². The summed E-state index contributed by atoms with van der Waals surface area (Å²) in [5, 5.41) is 3.28. The van der Waals surface area contributed by atoms with E-state index in [0.717, 1.165) is 24.6 Å². The van der Waals surface area contributed by atoms with Crippen molar-refractivity contribution in [2.45, 2.75) is 0 Å². The minimum Gasteiger partial charge on any atom is -0.492 e. The highest BCUT2D eigenvalue weighted by Gasteiger charge is 1.93. The van der Waals surface area contributed by atoms with Crippen LogP contribution in [0.2, 0.25) is 0 Å². The summed E-state index contributed by atoms with van der Waals surface area (Å²) in [4.78, 5) is 0. The van der Waals surface area contributed by atoms with E-state index in [0.29, 0.717) is 13.2 Å². The molecule has 0 aliphatic carbocycles. The SMILES string of the molecule is c1ccc(OCCNCCOc2ccccc2)cc1. The fraction of sp³-hybridized carbons (Fsp3) is 0.250. The number of rotatable bonds is 8. The van der Waals surface area contributed by atoms with Crippen molar-refractivity contribution in [3.8, 4) is 11.5 Å². The monoisotopic (exact) mass is 257 g/mol. The van der Waals surface area contributed by atoms with Gasteiger partial charge in [-0.3, -0.25) is 0 Å². The summed E-state index contributed by atoms with van der Waals surface area (Å²) >= 11 is 0. The molecule has 0 bridgehead atoms. The van der Waals surface area contributed by atoms with Crippen LogP contribution in [0.1, 0.15) is 0 Å². The second kappa shape index (κ2) is 8.16. The predicted molar refractivity (Wildman–Crippen MR) is 76.7 cm³/mol. The number of benzene rings is 2. The number of hydrogen-bond donors (Lipinski definition) is 1. The molecule has 0 atom stereocenters. The zero-order valence-electron chi connectivity index (χ0n) is 10.9. The lowest BCUT2D eigenvalue weighted by Gasteiger charge is -2.08. The smallest absolute Gasteiger partial charge is 0.119 e. The summed E-state index contributed by atoms with van der Waals surface area (Å²) in [6.45, 7) is 2.95. The molecular formula is C16H19NO2. The molecule has 0 aromatic heterocycles. The van der Waals surface area contributed by atoms with E-state index in [1.807, 2.05) is 60.7 Å². The van der Waals surface area contributed by atoms with E-state index in [4.69, 9.17) is 9.47 Å². The molecule has 0 unspecified atom stereocenters. The zero-order valence-corrected chi connectivity index (χ0v) is 10.9. The van der Waals surface area contributed by atoms with E-state index in [1.54, 1.807) is 0 Å². The van der Waals surface area contributed by atoms with E-state index in [9.17, 15) is 0 Å². The topological polar surface area (TPSA) is 30.5 Å². The molecule has 2 rings (SSSR count). The third-order valence-corrected chi connectivity index (χ3v) is 2.58. The van der Waals surface area contributed by atoms with Crippen LogP contribution < -0.4 is 14.8 Å². The van der Waals surface area contributed by atoms with Gasteiger partial charge in [-0.1, -0.05) is 36.4 Å². The van der Waals surface area contributed by atoms with Gasteiger partial charge in [-0.05, 0) is 24.3 Å². The predicted octanol–water partition coefficient (Wildman–Crippen LogP) is 2.73. The van der Waals surface area contributed by atoms with Crippen molar-refractivity contribution < 1.29 is 9.47 Å². The zero-order chi connectivity index (χ0) is 13.2. The first-order valence-corrected chi connectivity index (χ1v) is 6.51. The molecule has 0 fully saturated rings. The molecule has 100 valence electrons. The van der Waals surface area contributed by atoms with Crippen LogP contribution in [0.3, 0.4) is 0 Å². The van der Waals surface area contributed by atoms with Gasteiger partial charge in [0, 0.05) is 13.1 Å². The molecule has 3 heteroatoms. The van der Waals surface area contributed by atoms with Gasteiger partial charge in [0.05, 0.1) is 0 Å². The molecule has 2 aromatic carbocycles. The Morgan fingerprint density at radius 3 is 1.47 bits per heavy atom. The second-order valence-corrected chi connectivity index (χ2v) is 4.07. The van der Waals surface area contributed by atoms with Gasteiger partial charge in [-0.25, -0.2) is 0 Å². The summed E-state index contributed by atoms with van der Waals surface area (Å²) in [6, 6.07) is 19.7. The summed E-state index contributed by atoms with van der Waals surface area (Å²) in [5.41, 5.74) is 0. The van der Waals surface area contributed by atoms with Crippen LogP contribution in [-0.4, -0.2) is 26.3 Å². The first kappa shape index (κ1) is 13.4. The Morgan fingerprint density at radius 2 is 1.05 bits per heavy atom. The third-order valence-electron chi connectivity index (χ3n) is 2.58. The maximum Gasteiger partial charge on any atom is 0.119 e. The van der Waals surface area contributed by atoms with Crippen LogP contribution in [0.15, 0.2) is 60.7 Å². The molecule has 0 spiro atoms. The molecule has 1 N–H and O–H groups in total. The molecule has 0 saturated carbocycles.